The van der Waals surface area contributed by atoms with E-state index in [2.05, 4.69) is 9.97 Å². The van der Waals surface area contributed by atoms with Crippen molar-refractivity contribution in [2.45, 2.75) is 24.2 Å². The van der Waals surface area contributed by atoms with Gasteiger partial charge in [0.2, 0.25) is 0 Å². The summed E-state index contributed by atoms with van der Waals surface area (Å²) in [5.41, 5.74) is 9.44. The maximum Gasteiger partial charge on any atom is 0.272 e. The Hall–Kier alpha value is -3.24. The van der Waals surface area contributed by atoms with E-state index in [0.29, 0.717) is 30.3 Å². The van der Waals surface area contributed by atoms with Crippen molar-refractivity contribution in [3.8, 4) is 5.75 Å². The van der Waals surface area contributed by atoms with Gasteiger partial charge in [-0.1, -0.05) is 6.07 Å². The highest BCUT2D eigenvalue weighted by molar-refractivity contribution is 7.90. The quantitative estimate of drug-likeness (QED) is 0.654. The fourth-order valence-corrected chi connectivity index (χ4v) is 4.67. The summed E-state index contributed by atoms with van der Waals surface area (Å²) in [6, 6.07) is 6.08. The number of aromatic nitrogens is 2. The Bertz CT molecular complexity index is 1360. The molecule has 2 N–H and O–H groups in total. The highest BCUT2D eigenvalue weighted by atomic mass is 32.2. The number of anilines is 1. The Kier molecular flexibility index (Phi) is 4.38. The van der Waals surface area contributed by atoms with Crippen LogP contribution in [-0.2, 0) is 27.8 Å². The van der Waals surface area contributed by atoms with Gasteiger partial charge in [0.25, 0.3) is 5.91 Å². The molecule has 0 bridgehead atoms. The summed E-state index contributed by atoms with van der Waals surface area (Å²) in [4.78, 5) is 23.6. The number of pyridine rings is 2. The molecule has 5 rings (SSSR count). The molecule has 0 saturated heterocycles. The molecule has 1 amide bonds. The van der Waals surface area contributed by atoms with Gasteiger partial charge in [-0.2, -0.15) is 0 Å². The lowest BCUT2D eigenvalue weighted by molar-refractivity contribution is 0.0703. The van der Waals surface area contributed by atoms with Crippen LogP contribution in [0.1, 0.15) is 33.2 Å². The zero-order valence-electron chi connectivity index (χ0n) is 17.0. The van der Waals surface area contributed by atoms with Gasteiger partial charge < -0.3 is 20.1 Å². The summed E-state index contributed by atoms with van der Waals surface area (Å²) in [6.07, 6.45) is 2.69. The van der Waals surface area contributed by atoms with E-state index in [1.54, 1.807) is 30.3 Å². The number of likely N-dealkylation sites (N-methyl/N-ethyl adjacent to an activating group) is 1. The minimum Gasteiger partial charge on any atom is -0.491 e. The largest absolute Gasteiger partial charge is 0.491 e. The number of fused-ring (bicyclic) bond motifs is 4. The number of nitrogens with zero attached hydrogens (tertiary/aromatic N) is 3. The molecule has 1 aromatic carbocycles. The summed E-state index contributed by atoms with van der Waals surface area (Å²) >= 11 is 0. The number of nitrogen functional groups attached to an aromatic ring is 1. The van der Waals surface area contributed by atoms with Crippen molar-refractivity contribution < 1.29 is 22.7 Å². The number of sulfone groups is 1. The first kappa shape index (κ1) is 19.7. The van der Waals surface area contributed by atoms with E-state index >= 15 is 0 Å². The maximum absolute atomic E-state index is 13.2. The van der Waals surface area contributed by atoms with Gasteiger partial charge >= 0.3 is 0 Å². The zero-order valence-corrected chi connectivity index (χ0v) is 17.8. The highest BCUT2D eigenvalue weighted by Gasteiger charge is 2.32. The van der Waals surface area contributed by atoms with Crippen LogP contribution >= 0.6 is 0 Å². The lowest BCUT2D eigenvalue weighted by Gasteiger charge is -2.23. The first-order valence-corrected chi connectivity index (χ1v) is 11.5. The minimum atomic E-state index is -3.35. The van der Waals surface area contributed by atoms with Gasteiger partial charge in [0.05, 0.1) is 35.9 Å². The third kappa shape index (κ3) is 3.19. The van der Waals surface area contributed by atoms with Crippen LogP contribution in [0.3, 0.4) is 0 Å². The molecular formula is C21H20N4O5S. The van der Waals surface area contributed by atoms with Crippen molar-refractivity contribution in [1.29, 1.82) is 0 Å². The van der Waals surface area contributed by atoms with Crippen molar-refractivity contribution in [3.63, 3.8) is 0 Å². The number of rotatable bonds is 3. The van der Waals surface area contributed by atoms with Crippen LogP contribution in [0.15, 0.2) is 35.4 Å². The molecule has 9 nitrogen and oxygen atoms in total. The number of amides is 1. The molecule has 0 fully saturated rings. The number of carbonyl (C=O) groups excluding carboxylic acids is 1. The molecule has 10 heteroatoms. The monoisotopic (exact) mass is 440 g/mol. The Labute approximate surface area is 178 Å². The second-order valence-electron chi connectivity index (χ2n) is 7.75. The molecular weight excluding hydrogens is 420 g/mol. The molecule has 2 aliphatic heterocycles. The molecule has 0 unspecified atom stereocenters. The predicted molar refractivity (Wildman–Crippen MR) is 112 cm³/mol. The fraction of sp³-hybridized carbons (Fsp3) is 0.286. The number of carbonyl (C=O) groups is 1. The molecule has 2 aliphatic rings. The second-order valence-corrected chi connectivity index (χ2v) is 9.76. The van der Waals surface area contributed by atoms with E-state index < -0.39 is 9.84 Å². The predicted octanol–water partition coefficient (Wildman–Crippen LogP) is 1.85. The van der Waals surface area contributed by atoms with Crippen LogP contribution in [0.5, 0.6) is 5.75 Å². The molecule has 160 valence electrons. The third-order valence-corrected chi connectivity index (χ3v) is 6.90. The van der Waals surface area contributed by atoms with Crippen LogP contribution in [-0.4, -0.2) is 49.1 Å². The molecule has 3 aromatic rings. The number of benzene rings is 1. The third-order valence-electron chi connectivity index (χ3n) is 5.79. The van der Waals surface area contributed by atoms with Crippen LogP contribution in [0.25, 0.3) is 10.9 Å². The molecule has 0 saturated carbocycles. The van der Waals surface area contributed by atoms with Crippen LogP contribution < -0.4 is 10.5 Å². The van der Waals surface area contributed by atoms with E-state index in [4.69, 9.17) is 15.2 Å². The standard InChI is InChI=1S/C21H20N4O5S/c1-25(18-10-30-19-5-11(31(2,27)28)3-4-12(18)19)21(26)16-6-13-14-8-29-9-15(14)20(22)24-17(13)7-23-16/h3-7,18H,8-10H2,1-2H3,(H2,22,24)/t18-/m1/s1. The molecule has 0 aliphatic carbocycles. The van der Waals surface area contributed by atoms with Crippen molar-refractivity contribution in [3.05, 3.63) is 52.8 Å². The van der Waals surface area contributed by atoms with Gasteiger partial charge in [0.1, 0.15) is 23.9 Å². The first-order chi connectivity index (χ1) is 14.7. The summed E-state index contributed by atoms with van der Waals surface area (Å²) in [6.45, 7) is 1.06. The molecule has 0 spiro atoms. The zero-order chi connectivity index (χ0) is 21.9. The van der Waals surface area contributed by atoms with Gasteiger partial charge in [-0.15, -0.1) is 0 Å². The molecule has 4 heterocycles. The maximum atomic E-state index is 13.2. The van der Waals surface area contributed by atoms with E-state index in [9.17, 15) is 13.2 Å². The van der Waals surface area contributed by atoms with Crippen molar-refractivity contribution in [2.75, 3.05) is 25.6 Å². The number of nitrogens with two attached hydrogens (primary N) is 1. The first-order valence-electron chi connectivity index (χ1n) is 9.62. The normalized spacial score (nSPS) is 17.3. The van der Waals surface area contributed by atoms with Gasteiger partial charge in [0, 0.05) is 29.8 Å². The van der Waals surface area contributed by atoms with Gasteiger partial charge in [0.15, 0.2) is 9.84 Å². The fourth-order valence-electron chi connectivity index (χ4n) is 4.04. The summed E-state index contributed by atoms with van der Waals surface area (Å²) in [7, 11) is -1.67. The van der Waals surface area contributed by atoms with Gasteiger partial charge in [-0.05, 0) is 23.8 Å². The summed E-state index contributed by atoms with van der Waals surface area (Å²) < 4.78 is 34.8. The topological polar surface area (TPSA) is 125 Å². The number of hydrogen-bond donors (Lipinski definition) is 1. The van der Waals surface area contributed by atoms with Gasteiger partial charge in [-0.3, -0.25) is 4.79 Å². The average Bonchev–Trinajstić information content (AvgIpc) is 3.39. The van der Waals surface area contributed by atoms with E-state index in [-0.39, 0.29) is 29.1 Å². The van der Waals surface area contributed by atoms with E-state index in [1.165, 1.54) is 12.1 Å². The van der Waals surface area contributed by atoms with Crippen molar-refractivity contribution in [1.82, 2.24) is 14.9 Å². The van der Waals surface area contributed by atoms with Crippen LogP contribution in [0.2, 0.25) is 0 Å². The highest BCUT2D eigenvalue weighted by Crippen LogP contribution is 2.38. The Balaban J connectivity index is 1.48. The Morgan fingerprint density at radius 3 is 2.77 bits per heavy atom. The molecule has 31 heavy (non-hydrogen) atoms. The Morgan fingerprint density at radius 2 is 2.00 bits per heavy atom. The van der Waals surface area contributed by atoms with E-state index in [0.717, 1.165) is 28.3 Å². The molecule has 2 aromatic heterocycles. The van der Waals surface area contributed by atoms with Crippen LogP contribution in [0, 0.1) is 0 Å². The second kappa shape index (κ2) is 6.89. The SMILES string of the molecule is CN(C(=O)c1cc2c3c(c(N)nc2cn1)COC3)[C@@H]1COc2cc(S(C)(=O)=O)ccc21. The number of hydrogen-bond acceptors (Lipinski definition) is 8. The summed E-state index contributed by atoms with van der Waals surface area (Å²) in [5, 5.41) is 0.800. The van der Waals surface area contributed by atoms with Gasteiger partial charge in [-0.25, -0.2) is 18.4 Å². The molecule has 0 radical (unpaired) electrons. The molecule has 1 atom stereocenters. The lowest BCUT2D eigenvalue weighted by Crippen LogP contribution is -2.32. The lowest BCUT2D eigenvalue weighted by atomic mass is 10.0. The van der Waals surface area contributed by atoms with Crippen molar-refractivity contribution >= 4 is 32.5 Å². The summed E-state index contributed by atoms with van der Waals surface area (Å²) in [5.74, 6) is 0.611. The van der Waals surface area contributed by atoms with Crippen LogP contribution in [0.4, 0.5) is 5.82 Å². The smallest absolute Gasteiger partial charge is 0.272 e. The Morgan fingerprint density at radius 1 is 1.23 bits per heavy atom. The minimum absolute atomic E-state index is 0.180. The van der Waals surface area contributed by atoms with Crippen molar-refractivity contribution in [2.24, 2.45) is 0 Å². The average molecular weight is 440 g/mol. The van der Waals surface area contributed by atoms with E-state index in [1.807, 2.05) is 0 Å². The number of ether oxygens (including phenoxy) is 2.